The number of esters is 1. The maximum Gasteiger partial charge on any atom is 0.472 e. The van der Waals surface area contributed by atoms with Gasteiger partial charge in [0.1, 0.15) is 12.7 Å². The van der Waals surface area contributed by atoms with E-state index in [0.717, 1.165) is 0 Å². The fraction of sp³-hybridized carbons (Fsp3) is 0.786. The molecule has 152 valence electrons. The first-order valence-electron chi connectivity index (χ1n) is 8.09. The molecule has 0 spiro atoms. The summed E-state index contributed by atoms with van der Waals surface area (Å²) in [5, 5.41) is 20.6. The van der Waals surface area contributed by atoms with E-state index in [0.29, 0.717) is 12.8 Å². The molecule has 0 aliphatic rings. The van der Waals surface area contributed by atoms with Gasteiger partial charge in [-0.05, 0) is 12.8 Å². The van der Waals surface area contributed by atoms with Crippen LogP contribution in [0.3, 0.4) is 0 Å². The van der Waals surface area contributed by atoms with Crippen LogP contribution in [0.15, 0.2) is 0 Å². The first-order valence-corrected chi connectivity index (χ1v) is 9.58. The molecular formula is C14H26NO10P. The van der Waals surface area contributed by atoms with Gasteiger partial charge in [-0.3, -0.25) is 18.6 Å². The lowest BCUT2D eigenvalue weighted by Gasteiger charge is -2.18. The largest absolute Gasteiger partial charge is 0.480 e. The number of nitrogens with one attached hydrogen (secondary N) is 1. The summed E-state index contributed by atoms with van der Waals surface area (Å²) in [5.41, 5.74) is 0. The molecule has 0 bridgehead atoms. The molecule has 4 N–H and O–H groups in total. The second-order valence-electron chi connectivity index (χ2n) is 5.36. The Bertz CT molecular complexity index is 512. The number of carbonyl (C=O) groups excluding carboxylic acids is 2. The van der Waals surface area contributed by atoms with Gasteiger partial charge in [0.15, 0.2) is 6.04 Å². The van der Waals surface area contributed by atoms with Gasteiger partial charge in [0.2, 0.25) is 5.91 Å². The van der Waals surface area contributed by atoms with Crippen molar-refractivity contribution >= 4 is 25.7 Å². The Morgan fingerprint density at radius 3 is 2.15 bits per heavy atom. The molecule has 26 heavy (non-hydrogen) atoms. The highest BCUT2D eigenvalue weighted by molar-refractivity contribution is 7.47. The van der Waals surface area contributed by atoms with E-state index in [2.05, 4.69) is 14.4 Å². The standard InChI is InChI=1S/C14H26NO10P/c1-3-5-12(17)15-11(14(19)20)9-25-26(21,22)24-8-10(16)7-23-13(18)6-4-2/h10-11,16H,3-9H2,1-2H3,(H,15,17)(H,19,20)(H,21,22). The normalized spacial score (nSPS) is 15.5. The van der Waals surface area contributed by atoms with Crippen LogP contribution in [0.5, 0.6) is 0 Å². The molecule has 3 unspecified atom stereocenters. The van der Waals surface area contributed by atoms with Crippen LogP contribution in [0.4, 0.5) is 0 Å². The maximum absolute atomic E-state index is 11.7. The number of aliphatic carboxylic acids is 1. The van der Waals surface area contributed by atoms with Crippen molar-refractivity contribution in [3.8, 4) is 0 Å². The van der Waals surface area contributed by atoms with Crippen molar-refractivity contribution in [1.82, 2.24) is 5.32 Å². The molecule has 0 rings (SSSR count). The number of phosphoric acid groups is 1. The number of carboxylic acid groups (broad SMARTS) is 1. The van der Waals surface area contributed by atoms with Crippen LogP contribution >= 0.6 is 7.82 Å². The van der Waals surface area contributed by atoms with E-state index in [1.165, 1.54) is 0 Å². The van der Waals surface area contributed by atoms with Gasteiger partial charge in [-0.1, -0.05) is 13.8 Å². The van der Waals surface area contributed by atoms with E-state index in [1.54, 1.807) is 13.8 Å². The minimum absolute atomic E-state index is 0.0972. The van der Waals surface area contributed by atoms with Crippen LogP contribution in [0.25, 0.3) is 0 Å². The molecule has 3 atom stereocenters. The Balaban J connectivity index is 4.32. The Labute approximate surface area is 151 Å². The van der Waals surface area contributed by atoms with Crippen molar-refractivity contribution in [1.29, 1.82) is 0 Å². The molecular weight excluding hydrogens is 373 g/mol. The number of ether oxygens (including phenoxy) is 1. The molecule has 0 aliphatic heterocycles. The molecule has 0 aromatic rings. The molecule has 0 fully saturated rings. The van der Waals surface area contributed by atoms with E-state index in [-0.39, 0.29) is 12.8 Å². The fourth-order valence-corrected chi connectivity index (χ4v) is 2.34. The number of carboxylic acids is 1. The van der Waals surface area contributed by atoms with Crippen molar-refractivity contribution in [2.75, 3.05) is 19.8 Å². The van der Waals surface area contributed by atoms with E-state index in [1.807, 2.05) is 0 Å². The minimum atomic E-state index is -4.67. The van der Waals surface area contributed by atoms with Gasteiger partial charge in [0.05, 0.1) is 13.2 Å². The summed E-state index contributed by atoms with van der Waals surface area (Å²) in [6, 6.07) is -1.53. The number of phosphoric ester groups is 1. The van der Waals surface area contributed by atoms with E-state index >= 15 is 0 Å². The van der Waals surface area contributed by atoms with Crippen LogP contribution in [0.2, 0.25) is 0 Å². The molecule has 0 saturated heterocycles. The summed E-state index contributed by atoms with van der Waals surface area (Å²) in [4.78, 5) is 43.0. The Kier molecular flexibility index (Phi) is 12.0. The molecule has 1 amide bonds. The Morgan fingerprint density at radius 2 is 1.62 bits per heavy atom. The van der Waals surface area contributed by atoms with Crippen molar-refractivity contribution in [2.24, 2.45) is 0 Å². The number of hydrogen-bond acceptors (Lipinski definition) is 8. The first-order chi connectivity index (χ1) is 12.1. The Morgan fingerprint density at radius 1 is 1.04 bits per heavy atom. The first kappa shape index (κ1) is 24.5. The summed E-state index contributed by atoms with van der Waals surface area (Å²) < 4.78 is 25.4. The summed E-state index contributed by atoms with van der Waals surface area (Å²) in [7, 11) is -4.67. The van der Waals surface area contributed by atoms with Gasteiger partial charge >= 0.3 is 19.8 Å². The minimum Gasteiger partial charge on any atom is -0.480 e. The predicted molar refractivity (Wildman–Crippen MR) is 88.1 cm³/mol. The number of aliphatic hydroxyl groups is 1. The van der Waals surface area contributed by atoms with Crippen LogP contribution < -0.4 is 5.32 Å². The van der Waals surface area contributed by atoms with Crippen LogP contribution in [0, 0.1) is 0 Å². The van der Waals surface area contributed by atoms with Gasteiger partial charge < -0.3 is 25.2 Å². The third-order valence-corrected chi connectivity index (χ3v) is 3.79. The molecule has 0 aromatic heterocycles. The lowest BCUT2D eigenvalue weighted by Crippen LogP contribution is -2.43. The monoisotopic (exact) mass is 399 g/mol. The van der Waals surface area contributed by atoms with Crippen molar-refractivity contribution in [2.45, 2.75) is 51.7 Å². The lowest BCUT2D eigenvalue weighted by atomic mass is 10.2. The molecule has 0 radical (unpaired) electrons. The summed E-state index contributed by atoms with van der Waals surface area (Å²) in [6.45, 7) is 1.60. The number of hydrogen-bond donors (Lipinski definition) is 4. The predicted octanol–water partition coefficient (Wildman–Crippen LogP) is 0.194. The van der Waals surface area contributed by atoms with Gasteiger partial charge in [0.25, 0.3) is 0 Å². The van der Waals surface area contributed by atoms with Crippen molar-refractivity contribution in [3.05, 3.63) is 0 Å². The highest BCUT2D eigenvalue weighted by atomic mass is 31.2. The van der Waals surface area contributed by atoms with E-state index in [4.69, 9.17) is 9.84 Å². The van der Waals surface area contributed by atoms with Gasteiger partial charge in [-0.2, -0.15) is 0 Å². The van der Waals surface area contributed by atoms with Crippen molar-refractivity contribution < 1.29 is 47.8 Å². The highest BCUT2D eigenvalue weighted by Gasteiger charge is 2.28. The van der Waals surface area contributed by atoms with Gasteiger partial charge in [-0.15, -0.1) is 0 Å². The zero-order chi connectivity index (χ0) is 20.2. The molecule has 0 aromatic carbocycles. The molecule has 0 saturated carbocycles. The van der Waals surface area contributed by atoms with Gasteiger partial charge in [0, 0.05) is 12.8 Å². The average molecular weight is 399 g/mol. The third kappa shape index (κ3) is 11.9. The molecule has 0 heterocycles. The summed E-state index contributed by atoms with van der Waals surface area (Å²) >= 11 is 0. The molecule has 0 aliphatic carbocycles. The number of rotatable bonds is 14. The SMILES string of the molecule is CCCC(=O)NC(COP(=O)(O)OCC(O)COC(=O)CCC)C(=O)O. The summed E-state index contributed by atoms with van der Waals surface area (Å²) in [5.74, 6) is -2.51. The summed E-state index contributed by atoms with van der Waals surface area (Å²) in [6.07, 6.45) is -0.0129. The average Bonchev–Trinajstić information content (AvgIpc) is 2.55. The smallest absolute Gasteiger partial charge is 0.472 e. The third-order valence-electron chi connectivity index (χ3n) is 2.84. The van der Waals surface area contributed by atoms with Crippen LogP contribution in [-0.2, 0) is 32.7 Å². The Hall–Kier alpha value is -1.52. The lowest BCUT2D eigenvalue weighted by molar-refractivity contribution is -0.147. The van der Waals surface area contributed by atoms with Gasteiger partial charge in [-0.25, -0.2) is 9.36 Å². The zero-order valence-corrected chi connectivity index (χ0v) is 15.6. The quantitative estimate of drug-likeness (QED) is 0.234. The highest BCUT2D eigenvalue weighted by Crippen LogP contribution is 2.43. The fourth-order valence-electron chi connectivity index (χ4n) is 1.57. The molecule has 12 heteroatoms. The second kappa shape index (κ2) is 12.8. The number of aliphatic hydroxyl groups excluding tert-OH is 1. The second-order valence-corrected chi connectivity index (χ2v) is 6.81. The maximum atomic E-state index is 11.7. The van der Waals surface area contributed by atoms with E-state index < -0.39 is 57.6 Å². The number of carbonyl (C=O) groups is 3. The van der Waals surface area contributed by atoms with E-state index in [9.17, 15) is 28.9 Å². The molecule has 11 nitrogen and oxygen atoms in total. The topological polar surface area (TPSA) is 169 Å². The zero-order valence-electron chi connectivity index (χ0n) is 14.8. The van der Waals surface area contributed by atoms with Crippen LogP contribution in [-0.4, -0.2) is 64.9 Å². The number of amides is 1. The van der Waals surface area contributed by atoms with Crippen LogP contribution in [0.1, 0.15) is 39.5 Å². The van der Waals surface area contributed by atoms with Crippen molar-refractivity contribution in [3.63, 3.8) is 0 Å².